The maximum absolute atomic E-state index is 6.16. The zero-order valence-corrected chi connectivity index (χ0v) is 9.96. The predicted octanol–water partition coefficient (Wildman–Crippen LogP) is 3.39. The Kier molecular flexibility index (Phi) is 2.59. The molecule has 0 spiro atoms. The van der Waals surface area contributed by atoms with Gasteiger partial charge in [0.1, 0.15) is 0 Å². The molecule has 2 N–H and O–H groups in total. The molecule has 1 aliphatic rings. The molecule has 15 heavy (non-hydrogen) atoms. The molecule has 1 fully saturated rings. The van der Waals surface area contributed by atoms with Crippen LogP contribution >= 0.6 is 0 Å². The van der Waals surface area contributed by atoms with E-state index in [1.165, 1.54) is 24.0 Å². The molecular formula is C14H21N. The van der Waals surface area contributed by atoms with Crippen molar-refractivity contribution in [2.45, 2.75) is 45.1 Å². The van der Waals surface area contributed by atoms with Crippen molar-refractivity contribution in [2.24, 2.45) is 11.7 Å². The Balaban J connectivity index is 2.16. The van der Waals surface area contributed by atoms with Crippen molar-refractivity contribution in [1.82, 2.24) is 0 Å². The Labute approximate surface area is 92.7 Å². The van der Waals surface area contributed by atoms with E-state index in [1.54, 1.807) is 0 Å². The van der Waals surface area contributed by atoms with Gasteiger partial charge in [-0.25, -0.2) is 0 Å². The van der Waals surface area contributed by atoms with Crippen molar-refractivity contribution < 1.29 is 0 Å². The number of benzene rings is 1. The quantitative estimate of drug-likeness (QED) is 0.783. The largest absolute Gasteiger partial charge is 0.324 e. The van der Waals surface area contributed by atoms with E-state index >= 15 is 0 Å². The lowest BCUT2D eigenvalue weighted by molar-refractivity contribution is 0.587. The van der Waals surface area contributed by atoms with Gasteiger partial charge in [0.25, 0.3) is 0 Å². The fourth-order valence-electron chi connectivity index (χ4n) is 1.93. The Morgan fingerprint density at radius 1 is 1.13 bits per heavy atom. The van der Waals surface area contributed by atoms with E-state index in [4.69, 9.17) is 5.73 Å². The lowest BCUT2D eigenvalue weighted by Gasteiger charge is -2.20. The van der Waals surface area contributed by atoms with Crippen molar-refractivity contribution in [1.29, 1.82) is 0 Å². The van der Waals surface area contributed by atoms with Crippen LogP contribution in [0.2, 0.25) is 0 Å². The molecule has 0 heterocycles. The topological polar surface area (TPSA) is 26.0 Å². The third-order valence-electron chi connectivity index (χ3n) is 3.29. The van der Waals surface area contributed by atoms with Crippen molar-refractivity contribution in [3.63, 3.8) is 0 Å². The Morgan fingerprint density at radius 2 is 1.67 bits per heavy atom. The molecule has 2 rings (SSSR count). The molecule has 1 nitrogen and oxygen atoms in total. The van der Waals surface area contributed by atoms with Crippen LogP contribution in [-0.2, 0) is 5.41 Å². The third-order valence-corrected chi connectivity index (χ3v) is 3.29. The van der Waals surface area contributed by atoms with Gasteiger partial charge in [0.15, 0.2) is 0 Å². The molecule has 0 amide bonds. The second kappa shape index (κ2) is 3.64. The Hall–Kier alpha value is -0.820. The minimum atomic E-state index is 0.238. The lowest BCUT2D eigenvalue weighted by Crippen LogP contribution is -2.14. The molecule has 1 aromatic rings. The zero-order chi connectivity index (χ0) is 11.1. The van der Waals surface area contributed by atoms with Crippen LogP contribution in [0.4, 0.5) is 0 Å². The van der Waals surface area contributed by atoms with Gasteiger partial charge in [0.2, 0.25) is 0 Å². The van der Waals surface area contributed by atoms with Crippen LogP contribution in [0.15, 0.2) is 24.3 Å². The molecule has 1 aromatic carbocycles. The summed E-state index contributed by atoms with van der Waals surface area (Å²) < 4.78 is 0. The van der Waals surface area contributed by atoms with E-state index in [9.17, 15) is 0 Å². The smallest absolute Gasteiger partial charge is 0.0323 e. The summed E-state index contributed by atoms with van der Waals surface area (Å²) in [5.74, 6) is 0.741. The molecule has 82 valence electrons. The minimum absolute atomic E-state index is 0.238. The van der Waals surface area contributed by atoms with Gasteiger partial charge in [-0.3, -0.25) is 0 Å². The van der Waals surface area contributed by atoms with Crippen LogP contribution in [0.25, 0.3) is 0 Å². The van der Waals surface area contributed by atoms with E-state index < -0.39 is 0 Å². The van der Waals surface area contributed by atoms with E-state index in [0.29, 0.717) is 0 Å². The molecule has 0 saturated heterocycles. The summed E-state index contributed by atoms with van der Waals surface area (Å²) >= 11 is 0. The summed E-state index contributed by atoms with van der Waals surface area (Å²) in [6, 6.07) is 9.10. The van der Waals surface area contributed by atoms with Gasteiger partial charge >= 0.3 is 0 Å². The summed E-state index contributed by atoms with van der Waals surface area (Å²) in [6.45, 7) is 6.72. The summed E-state index contributed by atoms with van der Waals surface area (Å²) in [5, 5.41) is 0. The molecule has 0 bridgehead atoms. The molecule has 0 radical (unpaired) electrons. The van der Waals surface area contributed by atoms with Gasteiger partial charge in [-0.2, -0.15) is 0 Å². The van der Waals surface area contributed by atoms with Crippen LogP contribution in [0.5, 0.6) is 0 Å². The fraction of sp³-hybridized carbons (Fsp3) is 0.571. The van der Waals surface area contributed by atoms with Crippen LogP contribution in [0.1, 0.15) is 50.8 Å². The average Bonchev–Trinajstić information content (AvgIpc) is 2.99. The first-order valence-corrected chi connectivity index (χ1v) is 5.84. The van der Waals surface area contributed by atoms with Gasteiger partial charge in [-0.05, 0) is 35.3 Å². The highest BCUT2D eigenvalue weighted by Gasteiger charge is 2.29. The average molecular weight is 203 g/mol. The summed E-state index contributed by atoms with van der Waals surface area (Å²) in [5.41, 5.74) is 9.08. The minimum Gasteiger partial charge on any atom is -0.324 e. The van der Waals surface area contributed by atoms with Crippen molar-refractivity contribution >= 4 is 0 Å². The third kappa shape index (κ3) is 2.40. The first-order valence-electron chi connectivity index (χ1n) is 5.84. The van der Waals surface area contributed by atoms with E-state index in [-0.39, 0.29) is 11.5 Å². The standard InChI is InChI=1S/C14H21N/c1-14(2,3)12-8-6-11(7-9-12)13(15)10-4-5-10/h6-10,13H,4-5,15H2,1-3H3. The van der Waals surface area contributed by atoms with Gasteiger partial charge in [0.05, 0.1) is 0 Å². The number of rotatable bonds is 2. The Morgan fingerprint density at radius 3 is 2.07 bits per heavy atom. The van der Waals surface area contributed by atoms with Crippen LogP contribution in [0, 0.1) is 5.92 Å². The Bertz CT molecular complexity index is 327. The monoisotopic (exact) mass is 203 g/mol. The maximum atomic E-state index is 6.16. The van der Waals surface area contributed by atoms with Crippen molar-refractivity contribution in [3.8, 4) is 0 Å². The molecule has 0 aromatic heterocycles. The zero-order valence-electron chi connectivity index (χ0n) is 9.96. The second-order valence-electron chi connectivity index (χ2n) is 5.74. The molecule has 1 heteroatoms. The summed E-state index contributed by atoms with van der Waals surface area (Å²) in [7, 11) is 0. The van der Waals surface area contributed by atoms with Gasteiger partial charge in [-0.1, -0.05) is 45.0 Å². The van der Waals surface area contributed by atoms with Crippen LogP contribution < -0.4 is 5.73 Å². The van der Waals surface area contributed by atoms with Gasteiger partial charge in [-0.15, -0.1) is 0 Å². The van der Waals surface area contributed by atoms with E-state index in [1.807, 2.05) is 0 Å². The SMILES string of the molecule is CC(C)(C)c1ccc(C(N)C2CC2)cc1. The first kappa shape index (κ1) is 10.7. The maximum Gasteiger partial charge on any atom is 0.0323 e. The summed E-state index contributed by atoms with van der Waals surface area (Å²) in [6.07, 6.45) is 2.62. The second-order valence-corrected chi connectivity index (χ2v) is 5.74. The fourth-order valence-corrected chi connectivity index (χ4v) is 1.93. The summed E-state index contributed by atoms with van der Waals surface area (Å²) in [4.78, 5) is 0. The molecule has 1 aliphatic carbocycles. The van der Waals surface area contributed by atoms with Crippen LogP contribution in [-0.4, -0.2) is 0 Å². The first-order chi connectivity index (χ1) is 6.98. The lowest BCUT2D eigenvalue weighted by atomic mass is 9.86. The van der Waals surface area contributed by atoms with Crippen LogP contribution in [0.3, 0.4) is 0 Å². The molecule has 0 aliphatic heterocycles. The number of hydrogen-bond donors (Lipinski definition) is 1. The van der Waals surface area contributed by atoms with E-state index in [0.717, 1.165) is 5.92 Å². The highest BCUT2D eigenvalue weighted by Crippen LogP contribution is 2.39. The van der Waals surface area contributed by atoms with Crippen molar-refractivity contribution in [2.75, 3.05) is 0 Å². The molecule has 1 atom stereocenters. The van der Waals surface area contributed by atoms with E-state index in [2.05, 4.69) is 45.0 Å². The highest BCUT2D eigenvalue weighted by atomic mass is 14.7. The predicted molar refractivity (Wildman–Crippen MR) is 64.8 cm³/mol. The molecule has 1 unspecified atom stereocenters. The van der Waals surface area contributed by atoms with Gasteiger partial charge < -0.3 is 5.73 Å². The van der Waals surface area contributed by atoms with Gasteiger partial charge in [0, 0.05) is 6.04 Å². The normalized spacial score (nSPS) is 18.9. The molecule has 1 saturated carbocycles. The number of hydrogen-bond acceptors (Lipinski definition) is 1. The number of nitrogens with two attached hydrogens (primary N) is 1. The van der Waals surface area contributed by atoms with Crippen molar-refractivity contribution in [3.05, 3.63) is 35.4 Å². The molecular weight excluding hydrogens is 182 g/mol. The highest BCUT2D eigenvalue weighted by molar-refractivity contribution is 5.29.